The summed E-state index contributed by atoms with van der Waals surface area (Å²) >= 11 is 0. The molecule has 1 aliphatic heterocycles. The standard InChI is InChI=1S/C18H18FN7O/c19-13-11-21-4-3-14(13)23-17-9-15(12-1-2-16(20)22-10-12)24-18(25-17)26-5-7-27-8-6-26/h1-4,9-11H,5-8H2,(H2,20,22)(H,21,23,24,25). The van der Waals surface area contributed by atoms with Gasteiger partial charge in [0.1, 0.15) is 11.6 Å². The van der Waals surface area contributed by atoms with Crippen LogP contribution in [-0.2, 0) is 4.74 Å². The molecule has 0 unspecified atom stereocenters. The fourth-order valence-electron chi connectivity index (χ4n) is 2.72. The molecular weight excluding hydrogens is 349 g/mol. The van der Waals surface area contributed by atoms with Crippen LogP contribution in [0, 0.1) is 5.82 Å². The number of morpholine rings is 1. The number of anilines is 4. The zero-order chi connectivity index (χ0) is 18.6. The molecule has 3 aromatic heterocycles. The van der Waals surface area contributed by atoms with Gasteiger partial charge in [0.2, 0.25) is 5.95 Å². The summed E-state index contributed by atoms with van der Waals surface area (Å²) in [5.41, 5.74) is 7.42. The molecule has 0 aliphatic carbocycles. The molecular formula is C18H18FN7O. The zero-order valence-electron chi connectivity index (χ0n) is 14.5. The summed E-state index contributed by atoms with van der Waals surface area (Å²) in [5, 5.41) is 3.00. The first-order valence-corrected chi connectivity index (χ1v) is 8.49. The largest absolute Gasteiger partial charge is 0.384 e. The number of pyridine rings is 2. The summed E-state index contributed by atoms with van der Waals surface area (Å²) in [4.78, 5) is 19.1. The molecule has 0 atom stereocenters. The van der Waals surface area contributed by atoms with E-state index >= 15 is 0 Å². The van der Waals surface area contributed by atoms with Gasteiger partial charge in [0.15, 0.2) is 5.82 Å². The monoisotopic (exact) mass is 367 g/mol. The Balaban J connectivity index is 1.73. The number of hydrogen-bond donors (Lipinski definition) is 2. The SMILES string of the molecule is Nc1ccc(-c2cc(Nc3ccncc3F)nc(N3CCOCC3)n2)cn1. The summed E-state index contributed by atoms with van der Waals surface area (Å²) in [5.74, 6) is 0.992. The van der Waals surface area contributed by atoms with Crippen molar-refractivity contribution in [2.75, 3.05) is 42.3 Å². The molecule has 3 N–H and O–H groups in total. The maximum absolute atomic E-state index is 14.0. The lowest BCUT2D eigenvalue weighted by Crippen LogP contribution is -2.37. The van der Waals surface area contributed by atoms with E-state index in [1.807, 2.05) is 11.0 Å². The molecule has 8 nitrogen and oxygen atoms in total. The fraction of sp³-hybridized carbons (Fsp3) is 0.222. The molecule has 0 saturated carbocycles. The van der Waals surface area contributed by atoms with Gasteiger partial charge in [0, 0.05) is 37.1 Å². The van der Waals surface area contributed by atoms with Crippen molar-refractivity contribution in [1.29, 1.82) is 0 Å². The molecule has 9 heteroatoms. The predicted molar refractivity (Wildman–Crippen MR) is 100 cm³/mol. The van der Waals surface area contributed by atoms with Gasteiger partial charge in [-0.3, -0.25) is 4.98 Å². The third-order valence-electron chi connectivity index (χ3n) is 4.13. The first-order valence-electron chi connectivity index (χ1n) is 8.49. The van der Waals surface area contributed by atoms with Crippen molar-refractivity contribution in [3.8, 4) is 11.3 Å². The van der Waals surface area contributed by atoms with Crippen molar-refractivity contribution in [2.45, 2.75) is 0 Å². The summed E-state index contributed by atoms with van der Waals surface area (Å²) in [7, 11) is 0. The average Bonchev–Trinajstić information content (AvgIpc) is 2.71. The van der Waals surface area contributed by atoms with E-state index in [-0.39, 0.29) is 5.69 Å². The minimum atomic E-state index is -0.459. The van der Waals surface area contributed by atoms with Gasteiger partial charge in [-0.15, -0.1) is 0 Å². The second kappa shape index (κ2) is 7.50. The molecule has 1 aliphatic rings. The van der Waals surface area contributed by atoms with Crippen molar-refractivity contribution < 1.29 is 9.13 Å². The molecule has 1 saturated heterocycles. The summed E-state index contributed by atoms with van der Waals surface area (Å²) < 4.78 is 19.4. The molecule has 3 aromatic rings. The first kappa shape index (κ1) is 17.1. The minimum Gasteiger partial charge on any atom is -0.384 e. The van der Waals surface area contributed by atoms with E-state index in [0.29, 0.717) is 49.6 Å². The lowest BCUT2D eigenvalue weighted by atomic mass is 10.2. The first-order chi connectivity index (χ1) is 13.2. The third kappa shape index (κ3) is 3.93. The van der Waals surface area contributed by atoms with Crippen molar-refractivity contribution in [3.63, 3.8) is 0 Å². The van der Waals surface area contributed by atoms with E-state index < -0.39 is 5.82 Å². The Kier molecular flexibility index (Phi) is 4.75. The van der Waals surface area contributed by atoms with Gasteiger partial charge >= 0.3 is 0 Å². The topological polar surface area (TPSA) is 102 Å². The zero-order valence-corrected chi connectivity index (χ0v) is 14.5. The highest BCUT2D eigenvalue weighted by molar-refractivity contribution is 5.67. The van der Waals surface area contributed by atoms with Crippen LogP contribution in [0.4, 0.5) is 27.7 Å². The lowest BCUT2D eigenvalue weighted by Gasteiger charge is -2.27. The maximum atomic E-state index is 14.0. The van der Waals surface area contributed by atoms with Crippen LogP contribution in [0.3, 0.4) is 0 Å². The number of ether oxygens (including phenoxy) is 1. The van der Waals surface area contributed by atoms with Crippen LogP contribution in [0.5, 0.6) is 0 Å². The third-order valence-corrected chi connectivity index (χ3v) is 4.13. The van der Waals surface area contributed by atoms with Crippen LogP contribution < -0.4 is 16.0 Å². The number of nitrogens with zero attached hydrogens (tertiary/aromatic N) is 5. The Morgan fingerprint density at radius 2 is 1.96 bits per heavy atom. The molecule has 138 valence electrons. The van der Waals surface area contributed by atoms with Crippen LogP contribution in [0.1, 0.15) is 0 Å². The van der Waals surface area contributed by atoms with Gasteiger partial charge in [-0.25, -0.2) is 14.4 Å². The second-order valence-corrected chi connectivity index (χ2v) is 5.99. The van der Waals surface area contributed by atoms with Crippen LogP contribution in [0.2, 0.25) is 0 Å². The smallest absolute Gasteiger partial charge is 0.228 e. The second-order valence-electron chi connectivity index (χ2n) is 5.99. The number of aromatic nitrogens is 4. The normalized spacial score (nSPS) is 14.2. The molecule has 4 rings (SSSR count). The van der Waals surface area contributed by atoms with Gasteiger partial charge in [-0.1, -0.05) is 0 Å². The molecule has 0 radical (unpaired) electrons. The van der Waals surface area contributed by atoms with Crippen molar-refractivity contribution in [2.24, 2.45) is 0 Å². The Labute approximate surface area is 155 Å². The van der Waals surface area contributed by atoms with Gasteiger partial charge in [0.25, 0.3) is 0 Å². The van der Waals surface area contributed by atoms with E-state index in [1.165, 1.54) is 6.20 Å². The highest BCUT2D eigenvalue weighted by atomic mass is 19.1. The van der Waals surface area contributed by atoms with Gasteiger partial charge in [0.05, 0.1) is 30.8 Å². The van der Waals surface area contributed by atoms with Gasteiger partial charge in [-0.05, 0) is 18.2 Å². The Morgan fingerprint density at radius 3 is 2.70 bits per heavy atom. The molecule has 1 fully saturated rings. The van der Waals surface area contributed by atoms with Crippen molar-refractivity contribution in [1.82, 2.24) is 19.9 Å². The Morgan fingerprint density at radius 1 is 1.11 bits per heavy atom. The quantitative estimate of drug-likeness (QED) is 0.724. The van der Waals surface area contributed by atoms with Crippen LogP contribution >= 0.6 is 0 Å². The number of nitrogen functional groups attached to an aromatic ring is 1. The minimum absolute atomic E-state index is 0.290. The van der Waals surface area contributed by atoms with E-state index in [2.05, 4.69) is 25.3 Å². The molecule has 4 heterocycles. The number of hydrogen-bond acceptors (Lipinski definition) is 8. The molecule has 0 amide bonds. The Bertz CT molecular complexity index is 929. The van der Waals surface area contributed by atoms with Gasteiger partial charge in [-0.2, -0.15) is 4.98 Å². The van der Waals surface area contributed by atoms with Crippen LogP contribution in [-0.4, -0.2) is 46.2 Å². The van der Waals surface area contributed by atoms with Crippen LogP contribution in [0.25, 0.3) is 11.3 Å². The molecule has 0 bridgehead atoms. The predicted octanol–water partition coefficient (Wildman–Crippen LogP) is 2.24. The summed E-state index contributed by atoms with van der Waals surface area (Å²) in [6.07, 6.45) is 4.31. The summed E-state index contributed by atoms with van der Waals surface area (Å²) in [6.45, 7) is 2.59. The van der Waals surface area contributed by atoms with E-state index in [1.54, 1.807) is 24.4 Å². The van der Waals surface area contributed by atoms with E-state index in [4.69, 9.17) is 10.5 Å². The lowest BCUT2D eigenvalue weighted by molar-refractivity contribution is 0.122. The van der Waals surface area contributed by atoms with Crippen molar-refractivity contribution >= 4 is 23.3 Å². The Hall–Kier alpha value is -3.33. The molecule has 0 aromatic carbocycles. The van der Waals surface area contributed by atoms with E-state index in [9.17, 15) is 4.39 Å². The number of nitrogens with two attached hydrogens (primary N) is 1. The highest BCUT2D eigenvalue weighted by Crippen LogP contribution is 2.26. The summed E-state index contributed by atoms with van der Waals surface area (Å²) in [6, 6.07) is 6.85. The number of rotatable bonds is 4. The average molecular weight is 367 g/mol. The van der Waals surface area contributed by atoms with E-state index in [0.717, 1.165) is 11.8 Å². The number of halogens is 1. The highest BCUT2D eigenvalue weighted by Gasteiger charge is 2.17. The molecule has 27 heavy (non-hydrogen) atoms. The maximum Gasteiger partial charge on any atom is 0.228 e. The molecule has 0 spiro atoms. The van der Waals surface area contributed by atoms with Crippen molar-refractivity contribution in [3.05, 3.63) is 48.7 Å². The number of nitrogens with one attached hydrogen (secondary N) is 1. The fourth-order valence-corrected chi connectivity index (χ4v) is 2.72. The van der Waals surface area contributed by atoms with Gasteiger partial charge < -0.3 is 20.7 Å². The van der Waals surface area contributed by atoms with Crippen LogP contribution in [0.15, 0.2) is 42.9 Å².